The summed E-state index contributed by atoms with van der Waals surface area (Å²) < 4.78 is 24.8. The van der Waals surface area contributed by atoms with Crippen molar-refractivity contribution in [2.45, 2.75) is 17.6 Å². The van der Waals surface area contributed by atoms with E-state index >= 15 is 0 Å². The number of aromatic nitrogens is 4. The normalized spacial score (nSPS) is 18.0. The summed E-state index contributed by atoms with van der Waals surface area (Å²) in [6.45, 7) is 0. The molecule has 3 aromatic rings. The molecule has 1 amide bonds. The molecular formula is C18H18ClN5O4S2. The number of nitrogens with zero attached hydrogens (tertiary/aromatic N) is 4. The predicted octanol–water partition coefficient (Wildman–Crippen LogP) is 1.50. The van der Waals surface area contributed by atoms with Gasteiger partial charge in [0.05, 0.1) is 29.1 Å². The summed E-state index contributed by atoms with van der Waals surface area (Å²) in [6.07, 6.45) is 1.87. The fourth-order valence-electron chi connectivity index (χ4n) is 3.28. The van der Waals surface area contributed by atoms with Crippen LogP contribution in [-0.2, 0) is 14.6 Å². The minimum Gasteiger partial charge on any atom is -0.341 e. The first-order chi connectivity index (χ1) is 14.2. The van der Waals surface area contributed by atoms with Crippen molar-refractivity contribution in [2.75, 3.05) is 24.3 Å². The summed E-state index contributed by atoms with van der Waals surface area (Å²) >= 11 is 7.13. The van der Waals surface area contributed by atoms with Gasteiger partial charge in [-0.2, -0.15) is 5.10 Å². The monoisotopic (exact) mass is 467 g/mol. The molecule has 12 heteroatoms. The summed E-state index contributed by atoms with van der Waals surface area (Å²) in [5.41, 5.74) is 0.648. The Morgan fingerprint density at radius 2 is 2.23 bits per heavy atom. The van der Waals surface area contributed by atoms with E-state index in [1.54, 1.807) is 31.3 Å². The smallest absolute Gasteiger partial charge is 0.262 e. The van der Waals surface area contributed by atoms with Crippen molar-refractivity contribution in [1.29, 1.82) is 0 Å². The molecule has 1 N–H and O–H groups in total. The number of rotatable bonds is 5. The number of hydrogen-bond acceptors (Lipinski definition) is 7. The highest BCUT2D eigenvalue weighted by molar-refractivity contribution is 7.99. The van der Waals surface area contributed by atoms with E-state index in [0.717, 1.165) is 11.8 Å². The summed E-state index contributed by atoms with van der Waals surface area (Å²) in [6, 6.07) is 6.68. The summed E-state index contributed by atoms with van der Waals surface area (Å²) in [5.74, 6) is -0.123. The third-order valence-corrected chi connectivity index (χ3v) is 7.79. The van der Waals surface area contributed by atoms with E-state index in [0.29, 0.717) is 28.2 Å². The number of benzene rings is 1. The zero-order valence-electron chi connectivity index (χ0n) is 15.9. The molecule has 0 saturated carbocycles. The first kappa shape index (κ1) is 20.9. The Balaban J connectivity index is 1.54. The van der Waals surface area contributed by atoms with Crippen LogP contribution in [0.4, 0.5) is 0 Å². The number of H-pyrrole nitrogens is 1. The maximum atomic E-state index is 12.5. The summed E-state index contributed by atoms with van der Waals surface area (Å²) in [5, 5.41) is 5.35. The highest BCUT2D eigenvalue weighted by Gasteiger charge is 2.32. The van der Waals surface area contributed by atoms with Crippen LogP contribution in [0, 0.1) is 0 Å². The molecule has 0 aliphatic carbocycles. The van der Waals surface area contributed by atoms with Crippen LogP contribution in [-0.4, -0.2) is 69.3 Å². The second-order valence-corrected chi connectivity index (χ2v) is 10.6. The van der Waals surface area contributed by atoms with Gasteiger partial charge in [0.15, 0.2) is 20.6 Å². The first-order valence-corrected chi connectivity index (χ1v) is 12.2. The largest absolute Gasteiger partial charge is 0.341 e. The van der Waals surface area contributed by atoms with Gasteiger partial charge in [0, 0.05) is 18.1 Å². The van der Waals surface area contributed by atoms with E-state index < -0.39 is 9.84 Å². The number of amides is 1. The van der Waals surface area contributed by atoms with Crippen LogP contribution in [0.1, 0.15) is 6.42 Å². The molecule has 0 radical (unpaired) electrons. The standard InChI is InChI=1S/C18H18ClN5O4S2/c1-23(13-5-6-30(27,28)10-13)15(25)9-29-18-21-16-14(17(26)22-18)8-20-24(16)12-4-2-3-11(19)7-12/h2-4,7-8,13H,5-6,9-10H2,1H3,(H,21,22,26). The number of carbonyl (C=O) groups excluding carboxylic acids is 1. The SMILES string of the molecule is CN(C(=O)CSc1nc2c(cnn2-c2cccc(Cl)c2)c(=O)[nH]1)C1CCS(=O)(=O)C1. The minimum absolute atomic E-state index is 0.0141. The zero-order valence-corrected chi connectivity index (χ0v) is 18.3. The molecule has 9 nitrogen and oxygen atoms in total. The lowest BCUT2D eigenvalue weighted by Crippen LogP contribution is -2.38. The quantitative estimate of drug-likeness (QED) is 0.446. The van der Waals surface area contributed by atoms with Gasteiger partial charge in [-0.3, -0.25) is 9.59 Å². The van der Waals surface area contributed by atoms with Crippen LogP contribution in [0.5, 0.6) is 0 Å². The van der Waals surface area contributed by atoms with Crippen molar-refractivity contribution >= 4 is 50.1 Å². The highest BCUT2D eigenvalue weighted by Crippen LogP contribution is 2.21. The molecular weight excluding hydrogens is 450 g/mol. The van der Waals surface area contributed by atoms with Gasteiger partial charge in [0.1, 0.15) is 5.39 Å². The Morgan fingerprint density at radius 3 is 2.93 bits per heavy atom. The van der Waals surface area contributed by atoms with Gasteiger partial charge in [-0.25, -0.2) is 18.1 Å². The van der Waals surface area contributed by atoms with Crippen molar-refractivity contribution in [1.82, 2.24) is 24.6 Å². The lowest BCUT2D eigenvalue weighted by atomic mass is 10.2. The molecule has 0 spiro atoms. The number of sulfone groups is 1. The number of carbonyl (C=O) groups is 1. The van der Waals surface area contributed by atoms with E-state index in [2.05, 4.69) is 15.1 Å². The molecule has 30 heavy (non-hydrogen) atoms. The van der Waals surface area contributed by atoms with Gasteiger partial charge in [-0.15, -0.1) is 0 Å². The Bertz CT molecular complexity index is 1290. The zero-order chi connectivity index (χ0) is 21.5. The van der Waals surface area contributed by atoms with Crippen LogP contribution in [0.25, 0.3) is 16.7 Å². The van der Waals surface area contributed by atoms with Crippen LogP contribution in [0.3, 0.4) is 0 Å². The number of thioether (sulfide) groups is 1. The van der Waals surface area contributed by atoms with E-state index in [1.165, 1.54) is 15.8 Å². The maximum Gasteiger partial charge on any atom is 0.262 e. The molecule has 4 rings (SSSR count). The van der Waals surface area contributed by atoms with Crippen molar-refractivity contribution in [3.8, 4) is 5.69 Å². The van der Waals surface area contributed by atoms with E-state index in [4.69, 9.17) is 11.6 Å². The number of nitrogens with one attached hydrogen (secondary N) is 1. The Morgan fingerprint density at radius 1 is 1.43 bits per heavy atom. The first-order valence-electron chi connectivity index (χ1n) is 9.06. The fraction of sp³-hybridized carbons (Fsp3) is 0.333. The summed E-state index contributed by atoms with van der Waals surface area (Å²) in [7, 11) is -1.48. The van der Waals surface area contributed by atoms with Gasteiger partial charge in [-0.05, 0) is 24.6 Å². The Hall–Kier alpha value is -2.37. The number of fused-ring (bicyclic) bond motifs is 1. The van der Waals surface area contributed by atoms with E-state index in [-0.39, 0.29) is 39.9 Å². The molecule has 1 aromatic carbocycles. The summed E-state index contributed by atoms with van der Waals surface area (Å²) in [4.78, 5) is 33.5. The molecule has 1 atom stereocenters. The van der Waals surface area contributed by atoms with Crippen molar-refractivity contribution in [3.05, 3.63) is 45.8 Å². The number of aromatic amines is 1. The topological polar surface area (TPSA) is 118 Å². The molecule has 1 aliphatic heterocycles. The maximum absolute atomic E-state index is 12.5. The van der Waals surface area contributed by atoms with Crippen molar-refractivity contribution in [3.63, 3.8) is 0 Å². The van der Waals surface area contributed by atoms with Crippen molar-refractivity contribution in [2.24, 2.45) is 0 Å². The van der Waals surface area contributed by atoms with Crippen molar-refractivity contribution < 1.29 is 13.2 Å². The molecule has 1 saturated heterocycles. The Kier molecular flexibility index (Phi) is 5.60. The van der Waals surface area contributed by atoms with Gasteiger partial charge < -0.3 is 9.88 Å². The van der Waals surface area contributed by atoms with Gasteiger partial charge in [-0.1, -0.05) is 29.4 Å². The van der Waals surface area contributed by atoms with E-state index in [9.17, 15) is 18.0 Å². The number of halogens is 1. The van der Waals surface area contributed by atoms with Crippen LogP contribution in [0.2, 0.25) is 5.02 Å². The van der Waals surface area contributed by atoms with Crippen LogP contribution < -0.4 is 5.56 Å². The molecule has 1 unspecified atom stereocenters. The minimum atomic E-state index is -3.08. The molecule has 158 valence electrons. The average molecular weight is 468 g/mol. The van der Waals surface area contributed by atoms with Gasteiger partial charge in [0.2, 0.25) is 5.91 Å². The van der Waals surface area contributed by atoms with E-state index in [1.807, 2.05) is 0 Å². The highest BCUT2D eigenvalue weighted by atomic mass is 35.5. The molecule has 2 aromatic heterocycles. The van der Waals surface area contributed by atoms with Crippen LogP contribution >= 0.6 is 23.4 Å². The second kappa shape index (κ2) is 8.05. The third-order valence-electron chi connectivity index (χ3n) is 4.95. The fourth-order valence-corrected chi connectivity index (χ4v) is 6.02. The molecule has 3 heterocycles. The van der Waals surface area contributed by atoms with Gasteiger partial charge in [0.25, 0.3) is 5.56 Å². The lowest BCUT2D eigenvalue weighted by Gasteiger charge is -2.23. The molecule has 1 aliphatic rings. The average Bonchev–Trinajstić information content (AvgIpc) is 3.29. The molecule has 0 bridgehead atoms. The predicted molar refractivity (Wildman–Crippen MR) is 115 cm³/mol. The molecule has 1 fully saturated rings. The second-order valence-electron chi connectivity index (χ2n) is 6.99. The number of hydrogen-bond donors (Lipinski definition) is 1. The lowest BCUT2D eigenvalue weighted by molar-refractivity contribution is -0.128. The van der Waals surface area contributed by atoms with Crippen LogP contribution in [0.15, 0.2) is 40.4 Å². The van der Waals surface area contributed by atoms with Gasteiger partial charge >= 0.3 is 0 Å². The Labute approximate surface area is 181 Å². The third kappa shape index (κ3) is 4.23.